The molecular formula is C28H48O2. The number of aryl methyl sites for hydroxylation is 1. The highest BCUT2D eigenvalue weighted by atomic mass is 16.4. The molecule has 1 rings (SSSR count). The zero-order valence-electron chi connectivity index (χ0n) is 20.4. The third kappa shape index (κ3) is 10.1. The summed E-state index contributed by atoms with van der Waals surface area (Å²) >= 11 is 0. The molecule has 0 aliphatic heterocycles. The number of unbranched alkanes of at least 4 members (excludes halogenated alkanes) is 9. The quantitative estimate of drug-likeness (QED) is 0.243. The third-order valence-corrected chi connectivity index (χ3v) is 6.44. The number of carbonyl (C=O) groups is 1. The summed E-state index contributed by atoms with van der Waals surface area (Å²) in [6.07, 6.45) is 19.4. The molecular weight excluding hydrogens is 368 g/mol. The van der Waals surface area contributed by atoms with E-state index in [1.54, 1.807) is 0 Å². The maximum Gasteiger partial charge on any atom is 0.335 e. The van der Waals surface area contributed by atoms with Crippen molar-refractivity contribution in [2.24, 2.45) is 5.92 Å². The van der Waals surface area contributed by atoms with Crippen LogP contribution in [0.2, 0.25) is 0 Å². The van der Waals surface area contributed by atoms with Crippen LogP contribution in [0.15, 0.2) is 12.1 Å². The minimum atomic E-state index is -0.757. The topological polar surface area (TPSA) is 37.3 Å². The molecule has 1 unspecified atom stereocenters. The second-order valence-corrected chi connectivity index (χ2v) is 9.31. The first kappa shape index (κ1) is 26.7. The number of rotatable bonds is 18. The molecule has 30 heavy (non-hydrogen) atoms. The fourth-order valence-electron chi connectivity index (χ4n) is 4.54. The average Bonchev–Trinajstić information content (AvgIpc) is 2.73. The lowest BCUT2D eigenvalue weighted by molar-refractivity contribution is 0.0695. The molecule has 0 bridgehead atoms. The molecule has 0 saturated heterocycles. The average molecular weight is 417 g/mol. The van der Waals surface area contributed by atoms with Crippen molar-refractivity contribution in [3.63, 3.8) is 0 Å². The predicted octanol–water partition coefficient (Wildman–Crippen LogP) is 8.78. The molecule has 0 amide bonds. The number of hydrogen-bond acceptors (Lipinski definition) is 1. The van der Waals surface area contributed by atoms with Crippen LogP contribution in [0.1, 0.15) is 138 Å². The highest BCUT2D eigenvalue weighted by Crippen LogP contribution is 2.28. The Morgan fingerprint density at radius 1 is 0.767 bits per heavy atom. The van der Waals surface area contributed by atoms with E-state index in [9.17, 15) is 9.90 Å². The van der Waals surface area contributed by atoms with Crippen molar-refractivity contribution in [2.45, 2.75) is 130 Å². The van der Waals surface area contributed by atoms with Gasteiger partial charge in [0.05, 0.1) is 5.56 Å². The van der Waals surface area contributed by atoms with E-state index >= 15 is 0 Å². The lowest BCUT2D eigenvalue weighted by atomic mass is 9.84. The van der Waals surface area contributed by atoms with E-state index in [1.807, 2.05) is 6.07 Å². The molecule has 0 aliphatic carbocycles. The smallest absolute Gasteiger partial charge is 0.335 e. The highest BCUT2D eigenvalue weighted by Gasteiger charge is 2.19. The Bertz CT molecular complexity index is 591. The van der Waals surface area contributed by atoms with Gasteiger partial charge in [-0.15, -0.1) is 0 Å². The summed E-state index contributed by atoms with van der Waals surface area (Å²) in [5.74, 6) is -0.137. The molecule has 0 radical (unpaired) electrons. The van der Waals surface area contributed by atoms with Crippen LogP contribution in [0.4, 0.5) is 0 Å². The Labute approximate surface area is 186 Å². The first-order valence-electron chi connectivity index (χ1n) is 12.9. The number of carboxylic acid groups (broad SMARTS) is 1. The normalized spacial score (nSPS) is 12.3. The molecule has 0 saturated carbocycles. The van der Waals surface area contributed by atoms with Crippen molar-refractivity contribution in [3.05, 3.63) is 34.4 Å². The number of benzene rings is 1. The minimum absolute atomic E-state index is 0.550. The van der Waals surface area contributed by atoms with Gasteiger partial charge in [0.15, 0.2) is 0 Å². The van der Waals surface area contributed by atoms with Crippen molar-refractivity contribution in [1.29, 1.82) is 0 Å². The first-order valence-corrected chi connectivity index (χ1v) is 12.9. The van der Waals surface area contributed by atoms with Gasteiger partial charge >= 0.3 is 5.97 Å². The van der Waals surface area contributed by atoms with Crippen molar-refractivity contribution >= 4 is 5.97 Å². The third-order valence-electron chi connectivity index (χ3n) is 6.44. The van der Waals surface area contributed by atoms with Crippen LogP contribution in [0.5, 0.6) is 0 Å². The molecule has 0 aromatic heterocycles. The van der Waals surface area contributed by atoms with Gasteiger partial charge in [0.1, 0.15) is 0 Å². The number of carboxylic acids is 1. The molecule has 1 N–H and O–H groups in total. The van der Waals surface area contributed by atoms with E-state index in [-0.39, 0.29) is 0 Å². The lowest BCUT2D eigenvalue weighted by Gasteiger charge is -2.21. The molecule has 1 aromatic rings. The summed E-state index contributed by atoms with van der Waals surface area (Å²) in [5.41, 5.74) is 4.47. The van der Waals surface area contributed by atoms with E-state index < -0.39 is 5.97 Å². The fraction of sp³-hybridized carbons (Fsp3) is 0.750. The molecule has 0 aliphatic rings. The predicted molar refractivity (Wildman–Crippen MR) is 131 cm³/mol. The maximum atomic E-state index is 12.0. The van der Waals surface area contributed by atoms with Gasteiger partial charge in [-0.05, 0) is 60.8 Å². The molecule has 1 atom stereocenters. The van der Waals surface area contributed by atoms with Crippen molar-refractivity contribution in [3.8, 4) is 0 Å². The SMILES string of the molecule is CCCCCCCCC(C)Cc1c(CCCC)ccc(C(=O)O)c1CCCCCC. The standard InChI is InChI=1S/C28H48O2/c1-5-8-11-13-14-15-17-23(4)22-27-24(18-10-7-3)20-21-26(28(29)30)25(27)19-16-12-9-6-2/h20-21,23H,5-19,22H2,1-4H3,(H,29,30). The molecule has 0 fully saturated rings. The summed E-state index contributed by atoms with van der Waals surface area (Å²) in [6.45, 7) is 9.09. The van der Waals surface area contributed by atoms with Gasteiger partial charge in [0.2, 0.25) is 0 Å². The van der Waals surface area contributed by atoms with Gasteiger partial charge in [-0.1, -0.05) is 104 Å². The van der Waals surface area contributed by atoms with Crippen molar-refractivity contribution in [1.82, 2.24) is 0 Å². The second kappa shape index (κ2) is 16.4. The van der Waals surface area contributed by atoms with E-state index in [0.717, 1.165) is 31.2 Å². The maximum absolute atomic E-state index is 12.0. The Balaban J connectivity index is 2.92. The van der Waals surface area contributed by atoms with E-state index in [0.29, 0.717) is 11.5 Å². The summed E-state index contributed by atoms with van der Waals surface area (Å²) < 4.78 is 0. The Morgan fingerprint density at radius 2 is 1.37 bits per heavy atom. The van der Waals surface area contributed by atoms with Gasteiger partial charge in [-0.25, -0.2) is 4.79 Å². The number of hydrogen-bond donors (Lipinski definition) is 1. The zero-order valence-corrected chi connectivity index (χ0v) is 20.4. The van der Waals surface area contributed by atoms with E-state index in [1.165, 1.54) is 88.2 Å². The highest BCUT2D eigenvalue weighted by molar-refractivity contribution is 5.90. The summed E-state index contributed by atoms with van der Waals surface area (Å²) in [5, 5.41) is 9.84. The van der Waals surface area contributed by atoms with E-state index in [2.05, 4.69) is 33.8 Å². The zero-order chi connectivity index (χ0) is 22.2. The van der Waals surface area contributed by atoms with Gasteiger partial charge in [0, 0.05) is 0 Å². The number of aromatic carboxylic acids is 1. The second-order valence-electron chi connectivity index (χ2n) is 9.31. The van der Waals surface area contributed by atoms with Crippen LogP contribution in [0.3, 0.4) is 0 Å². The molecule has 1 aromatic carbocycles. The fourth-order valence-corrected chi connectivity index (χ4v) is 4.54. The van der Waals surface area contributed by atoms with Crippen LogP contribution in [0, 0.1) is 5.92 Å². The van der Waals surface area contributed by atoms with Crippen molar-refractivity contribution < 1.29 is 9.90 Å². The summed E-state index contributed by atoms with van der Waals surface area (Å²) in [4.78, 5) is 12.0. The molecule has 0 spiro atoms. The lowest BCUT2D eigenvalue weighted by Crippen LogP contribution is -2.12. The molecule has 172 valence electrons. The Hall–Kier alpha value is -1.31. The Morgan fingerprint density at radius 3 is 2.00 bits per heavy atom. The minimum Gasteiger partial charge on any atom is -0.478 e. The van der Waals surface area contributed by atoms with Gasteiger partial charge < -0.3 is 5.11 Å². The van der Waals surface area contributed by atoms with Crippen LogP contribution >= 0.6 is 0 Å². The van der Waals surface area contributed by atoms with Crippen molar-refractivity contribution in [2.75, 3.05) is 0 Å². The van der Waals surface area contributed by atoms with Gasteiger partial charge in [-0.2, -0.15) is 0 Å². The largest absolute Gasteiger partial charge is 0.478 e. The van der Waals surface area contributed by atoms with Crippen LogP contribution in [-0.2, 0) is 19.3 Å². The van der Waals surface area contributed by atoms with Crippen LogP contribution < -0.4 is 0 Å². The molecule has 2 heteroatoms. The Kier molecular flexibility index (Phi) is 14.6. The summed E-state index contributed by atoms with van der Waals surface area (Å²) in [7, 11) is 0. The molecule has 0 heterocycles. The first-order chi connectivity index (χ1) is 14.5. The monoisotopic (exact) mass is 416 g/mol. The van der Waals surface area contributed by atoms with Crippen LogP contribution in [0.25, 0.3) is 0 Å². The van der Waals surface area contributed by atoms with Crippen LogP contribution in [-0.4, -0.2) is 11.1 Å². The van der Waals surface area contributed by atoms with E-state index in [4.69, 9.17) is 0 Å². The van der Waals surface area contributed by atoms with Gasteiger partial charge in [-0.3, -0.25) is 0 Å². The molecule has 2 nitrogen and oxygen atoms in total. The summed E-state index contributed by atoms with van der Waals surface area (Å²) in [6, 6.07) is 3.99. The van der Waals surface area contributed by atoms with Gasteiger partial charge in [0.25, 0.3) is 0 Å².